The van der Waals surface area contributed by atoms with Crippen LogP contribution in [0, 0.1) is 0 Å². The zero-order valence-corrected chi connectivity index (χ0v) is 8.45. The Balaban J connectivity index is 2.44. The highest BCUT2D eigenvalue weighted by molar-refractivity contribution is 5.92. The van der Waals surface area contributed by atoms with E-state index in [1.165, 1.54) is 6.07 Å². The van der Waals surface area contributed by atoms with Crippen molar-refractivity contribution in [3.05, 3.63) is 34.2 Å². The van der Waals surface area contributed by atoms with E-state index in [2.05, 4.69) is 10.3 Å². The Morgan fingerprint density at radius 3 is 2.87 bits per heavy atom. The summed E-state index contributed by atoms with van der Waals surface area (Å²) in [5.41, 5.74) is 5.33. The van der Waals surface area contributed by atoms with Crippen molar-refractivity contribution in [1.29, 1.82) is 0 Å². The van der Waals surface area contributed by atoms with Crippen molar-refractivity contribution in [2.75, 3.05) is 13.1 Å². The van der Waals surface area contributed by atoms with E-state index >= 15 is 0 Å². The zero-order valence-electron chi connectivity index (χ0n) is 8.45. The lowest BCUT2D eigenvalue weighted by Gasteiger charge is -2.03. The van der Waals surface area contributed by atoms with E-state index in [-0.39, 0.29) is 17.2 Å². The summed E-state index contributed by atoms with van der Waals surface area (Å²) in [5.74, 6) is -0.260. The van der Waals surface area contributed by atoms with Gasteiger partial charge in [-0.1, -0.05) is 6.07 Å². The van der Waals surface area contributed by atoms with E-state index in [1.54, 1.807) is 12.1 Å². The van der Waals surface area contributed by atoms with Crippen molar-refractivity contribution in [2.24, 2.45) is 5.73 Å². The molecule has 1 aromatic rings. The molecule has 15 heavy (non-hydrogen) atoms. The summed E-state index contributed by atoms with van der Waals surface area (Å²) in [6, 6.07) is 4.48. The van der Waals surface area contributed by atoms with Crippen molar-refractivity contribution in [2.45, 2.75) is 12.8 Å². The van der Waals surface area contributed by atoms with Crippen LogP contribution in [0.25, 0.3) is 0 Å². The summed E-state index contributed by atoms with van der Waals surface area (Å²) in [6.07, 6.45) is 1.73. The average molecular weight is 209 g/mol. The van der Waals surface area contributed by atoms with Crippen LogP contribution in [0.3, 0.4) is 0 Å². The number of rotatable bonds is 5. The molecule has 0 atom stereocenters. The molecule has 82 valence electrons. The van der Waals surface area contributed by atoms with Crippen LogP contribution in [0.5, 0.6) is 0 Å². The lowest BCUT2D eigenvalue weighted by Crippen LogP contribution is -2.27. The molecule has 5 nitrogen and oxygen atoms in total. The van der Waals surface area contributed by atoms with Crippen LogP contribution in [0.15, 0.2) is 23.0 Å². The Morgan fingerprint density at radius 1 is 1.40 bits per heavy atom. The SMILES string of the molecule is NCCCCNC(=O)c1cccc(=O)[nH]1. The number of carbonyl (C=O) groups is 1. The second-order valence-electron chi connectivity index (χ2n) is 3.18. The standard InChI is InChI=1S/C10H15N3O2/c11-6-1-2-7-12-10(15)8-4-3-5-9(14)13-8/h3-5H,1-2,6-7,11H2,(H,12,15)(H,13,14). The first-order chi connectivity index (χ1) is 7.24. The van der Waals surface area contributed by atoms with E-state index in [0.717, 1.165) is 12.8 Å². The molecule has 0 spiro atoms. The van der Waals surface area contributed by atoms with Crippen LogP contribution in [0.2, 0.25) is 0 Å². The highest BCUT2D eigenvalue weighted by Gasteiger charge is 2.03. The highest BCUT2D eigenvalue weighted by Crippen LogP contribution is 1.90. The summed E-state index contributed by atoms with van der Waals surface area (Å²) in [7, 11) is 0. The van der Waals surface area contributed by atoms with Crippen LogP contribution in [0.4, 0.5) is 0 Å². The largest absolute Gasteiger partial charge is 0.351 e. The van der Waals surface area contributed by atoms with Crippen LogP contribution >= 0.6 is 0 Å². The quantitative estimate of drug-likeness (QED) is 0.589. The molecule has 0 radical (unpaired) electrons. The molecule has 1 amide bonds. The number of hydrogen-bond donors (Lipinski definition) is 3. The Hall–Kier alpha value is -1.62. The van der Waals surface area contributed by atoms with Crippen molar-refractivity contribution >= 4 is 5.91 Å². The first-order valence-corrected chi connectivity index (χ1v) is 4.91. The predicted molar refractivity (Wildman–Crippen MR) is 57.7 cm³/mol. The van der Waals surface area contributed by atoms with Gasteiger partial charge in [0, 0.05) is 12.6 Å². The normalized spacial score (nSPS) is 9.93. The van der Waals surface area contributed by atoms with Gasteiger partial charge in [-0.2, -0.15) is 0 Å². The van der Waals surface area contributed by atoms with Crippen LogP contribution < -0.4 is 16.6 Å². The molecule has 0 aliphatic rings. The third-order valence-corrected chi connectivity index (χ3v) is 1.93. The molecule has 0 bridgehead atoms. The number of amides is 1. The molecule has 0 aliphatic carbocycles. The lowest BCUT2D eigenvalue weighted by molar-refractivity contribution is 0.0948. The van der Waals surface area contributed by atoms with E-state index in [0.29, 0.717) is 13.1 Å². The number of hydrogen-bond acceptors (Lipinski definition) is 3. The maximum atomic E-state index is 11.4. The summed E-state index contributed by atoms with van der Waals surface area (Å²) >= 11 is 0. The van der Waals surface area contributed by atoms with Crippen LogP contribution in [-0.4, -0.2) is 24.0 Å². The van der Waals surface area contributed by atoms with Gasteiger partial charge in [0.05, 0.1) is 0 Å². The third-order valence-electron chi connectivity index (χ3n) is 1.93. The fourth-order valence-electron chi connectivity index (χ4n) is 1.15. The van der Waals surface area contributed by atoms with Crippen molar-refractivity contribution < 1.29 is 4.79 Å². The molecule has 0 saturated heterocycles. The van der Waals surface area contributed by atoms with Crippen molar-refractivity contribution in [1.82, 2.24) is 10.3 Å². The van der Waals surface area contributed by atoms with E-state index in [1.807, 2.05) is 0 Å². The topological polar surface area (TPSA) is 88.0 Å². The minimum absolute atomic E-state index is 0.260. The maximum Gasteiger partial charge on any atom is 0.267 e. The van der Waals surface area contributed by atoms with Gasteiger partial charge in [0.2, 0.25) is 5.56 Å². The Morgan fingerprint density at radius 2 is 2.20 bits per heavy atom. The van der Waals surface area contributed by atoms with Gasteiger partial charge in [-0.25, -0.2) is 0 Å². The molecular formula is C10H15N3O2. The van der Waals surface area contributed by atoms with Gasteiger partial charge in [-0.05, 0) is 25.5 Å². The number of pyridine rings is 1. The first kappa shape index (κ1) is 11.5. The van der Waals surface area contributed by atoms with Crippen molar-refractivity contribution in [3.63, 3.8) is 0 Å². The average Bonchev–Trinajstić information content (AvgIpc) is 2.24. The maximum absolute atomic E-state index is 11.4. The van der Waals surface area contributed by atoms with Gasteiger partial charge in [-0.15, -0.1) is 0 Å². The zero-order chi connectivity index (χ0) is 11.1. The number of carbonyl (C=O) groups excluding carboxylic acids is 1. The predicted octanol–water partition coefficient (Wildman–Crippen LogP) is -0.156. The minimum atomic E-state index is -0.274. The van der Waals surface area contributed by atoms with Gasteiger partial charge < -0.3 is 16.0 Å². The van der Waals surface area contributed by atoms with Gasteiger partial charge in [0.1, 0.15) is 5.69 Å². The van der Waals surface area contributed by atoms with E-state index in [4.69, 9.17) is 5.73 Å². The van der Waals surface area contributed by atoms with Gasteiger partial charge in [0.15, 0.2) is 0 Å². The molecule has 1 aromatic heterocycles. The van der Waals surface area contributed by atoms with Crippen LogP contribution in [0.1, 0.15) is 23.3 Å². The second-order valence-corrected chi connectivity index (χ2v) is 3.18. The molecule has 1 rings (SSSR count). The van der Waals surface area contributed by atoms with E-state index < -0.39 is 0 Å². The number of nitrogens with two attached hydrogens (primary N) is 1. The molecule has 5 heteroatoms. The summed E-state index contributed by atoms with van der Waals surface area (Å²) in [6.45, 7) is 1.20. The van der Waals surface area contributed by atoms with Gasteiger partial charge in [0.25, 0.3) is 5.91 Å². The second kappa shape index (κ2) is 5.98. The molecule has 0 unspecified atom stereocenters. The van der Waals surface area contributed by atoms with Crippen molar-refractivity contribution in [3.8, 4) is 0 Å². The molecule has 0 fully saturated rings. The Labute approximate surface area is 87.7 Å². The fraction of sp³-hybridized carbons (Fsp3) is 0.400. The summed E-state index contributed by atoms with van der Waals surface area (Å²) in [4.78, 5) is 24.8. The minimum Gasteiger partial charge on any atom is -0.351 e. The number of unbranched alkanes of at least 4 members (excludes halogenated alkanes) is 1. The summed E-state index contributed by atoms with van der Waals surface area (Å²) < 4.78 is 0. The number of H-pyrrole nitrogens is 1. The Kier molecular flexibility index (Phi) is 4.56. The first-order valence-electron chi connectivity index (χ1n) is 4.91. The molecule has 0 aromatic carbocycles. The van der Waals surface area contributed by atoms with Gasteiger partial charge >= 0.3 is 0 Å². The van der Waals surface area contributed by atoms with Crippen LogP contribution in [-0.2, 0) is 0 Å². The highest BCUT2D eigenvalue weighted by atomic mass is 16.2. The number of aromatic amines is 1. The fourth-order valence-corrected chi connectivity index (χ4v) is 1.15. The molecule has 0 saturated carbocycles. The molecule has 4 N–H and O–H groups in total. The molecule has 0 aliphatic heterocycles. The molecule has 1 heterocycles. The third kappa shape index (κ3) is 3.95. The molecular weight excluding hydrogens is 194 g/mol. The lowest BCUT2D eigenvalue weighted by atomic mass is 10.3. The monoisotopic (exact) mass is 209 g/mol. The smallest absolute Gasteiger partial charge is 0.267 e. The van der Waals surface area contributed by atoms with Gasteiger partial charge in [-0.3, -0.25) is 9.59 Å². The van der Waals surface area contributed by atoms with E-state index in [9.17, 15) is 9.59 Å². The summed E-state index contributed by atoms with van der Waals surface area (Å²) in [5, 5.41) is 2.70. The Bertz CT molecular complexity index is 373. The number of aromatic nitrogens is 1. The number of nitrogens with one attached hydrogen (secondary N) is 2.